The van der Waals surface area contributed by atoms with Crippen molar-refractivity contribution in [2.45, 2.75) is 39.7 Å². The summed E-state index contributed by atoms with van der Waals surface area (Å²) in [6, 6.07) is 5.19. The maximum atomic E-state index is 13.6. The molecule has 2 rings (SSSR count). The van der Waals surface area contributed by atoms with Crippen LogP contribution in [0.1, 0.15) is 40.5 Å². The molecule has 2 nitrogen and oxygen atoms in total. The van der Waals surface area contributed by atoms with Crippen LogP contribution in [0.4, 0.5) is 4.39 Å². The van der Waals surface area contributed by atoms with Crippen LogP contribution in [-0.4, -0.2) is 11.5 Å². The van der Waals surface area contributed by atoms with Gasteiger partial charge < -0.3 is 5.32 Å². The molecule has 1 N–H and O–H groups in total. The molecule has 1 heterocycles. The molecule has 1 aromatic carbocycles. The fourth-order valence-electron chi connectivity index (χ4n) is 2.35. The smallest absolute Gasteiger partial charge is 0.142 e. The lowest BCUT2D eigenvalue weighted by Crippen LogP contribution is -2.24. The first-order valence-corrected chi connectivity index (χ1v) is 8.32. The van der Waals surface area contributed by atoms with E-state index in [0.717, 1.165) is 35.7 Å². The third-order valence-corrected chi connectivity index (χ3v) is 4.81. The second-order valence-corrected chi connectivity index (χ2v) is 6.78. The molecule has 0 aliphatic carbocycles. The summed E-state index contributed by atoms with van der Waals surface area (Å²) in [6.07, 6.45) is 1.79. The van der Waals surface area contributed by atoms with Crippen molar-refractivity contribution in [3.63, 3.8) is 0 Å². The maximum Gasteiger partial charge on any atom is 0.142 e. The first-order chi connectivity index (χ1) is 10.0. The van der Waals surface area contributed by atoms with E-state index in [1.54, 1.807) is 17.4 Å². The Hall–Kier alpha value is -0.970. The molecule has 0 aliphatic heterocycles. The largest absolute Gasteiger partial charge is 0.309 e. The molecule has 0 bridgehead atoms. The van der Waals surface area contributed by atoms with E-state index in [1.165, 1.54) is 10.9 Å². The van der Waals surface area contributed by atoms with E-state index >= 15 is 0 Å². The average Bonchev–Trinajstić information content (AvgIpc) is 2.77. The summed E-state index contributed by atoms with van der Waals surface area (Å²) < 4.78 is 13.6. The lowest BCUT2D eigenvalue weighted by molar-refractivity contribution is 0.531. The molecule has 1 aromatic heterocycles. The molecule has 0 amide bonds. The summed E-state index contributed by atoms with van der Waals surface area (Å²) in [4.78, 5) is 5.73. The average molecular weight is 327 g/mol. The van der Waals surface area contributed by atoms with Crippen molar-refractivity contribution < 1.29 is 4.39 Å². The zero-order chi connectivity index (χ0) is 15.4. The van der Waals surface area contributed by atoms with E-state index in [1.807, 2.05) is 19.9 Å². The number of halogens is 2. The second kappa shape index (κ2) is 7.34. The summed E-state index contributed by atoms with van der Waals surface area (Å²) in [5, 5.41) is 4.77. The molecule has 0 saturated heterocycles. The van der Waals surface area contributed by atoms with Gasteiger partial charge in [0.05, 0.1) is 15.7 Å². The van der Waals surface area contributed by atoms with E-state index < -0.39 is 0 Å². The number of nitrogens with one attached hydrogen (secondary N) is 1. The highest BCUT2D eigenvalue weighted by atomic mass is 35.5. The first-order valence-electron chi connectivity index (χ1n) is 7.12. The predicted molar refractivity (Wildman–Crippen MR) is 87.7 cm³/mol. The molecule has 0 aliphatic rings. The topological polar surface area (TPSA) is 24.9 Å². The van der Waals surface area contributed by atoms with Crippen LogP contribution in [0.25, 0.3) is 0 Å². The summed E-state index contributed by atoms with van der Waals surface area (Å²) in [5.41, 5.74) is 2.00. The molecule has 0 radical (unpaired) electrons. The number of aryl methyl sites for hydroxylation is 2. The number of rotatable bonds is 6. The predicted octanol–water partition coefficient (Wildman–Crippen LogP) is 4.84. The minimum atomic E-state index is -0.361. The van der Waals surface area contributed by atoms with Crippen LogP contribution < -0.4 is 5.32 Å². The van der Waals surface area contributed by atoms with Crippen LogP contribution in [0.5, 0.6) is 0 Å². The van der Waals surface area contributed by atoms with Crippen molar-refractivity contribution >= 4 is 22.9 Å². The summed E-state index contributed by atoms with van der Waals surface area (Å²) >= 11 is 7.45. The fourth-order valence-corrected chi connectivity index (χ4v) is 3.47. The van der Waals surface area contributed by atoms with Gasteiger partial charge in [-0.05, 0) is 50.9 Å². The van der Waals surface area contributed by atoms with Crippen LogP contribution in [-0.2, 0) is 6.42 Å². The molecular weight excluding hydrogens is 307 g/mol. The standard InChI is InChI=1S/C16H20ClFN2S/c1-4-7-19-15(16-10(2)20-11(3)21-16)9-12-5-6-13(17)14(18)8-12/h5-6,8,15,19H,4,7,9H2,1-3H3. The van der Waals surface area contributed by atoms with Crippen molar-refractivity contribution in [2.75, 3.05) is 6.54 Å². The van der Waals surface area contributed by atoms with Gasteiger partial charge in [-0.15, -0.1) is 11.3 Å². The molecule has 114 valence electrons. The van der Waals surface area contributed by atoms with E-state index in [4.69, 9.17) is 11.6 Å². The number of hydrogen-bond acceptors (Lipinski definition) is 3. The van der Waals surface area contributed by atoms with E-state index in [9.17, 15) is 4.39 Å². The number of aromatic nitrogens is 1. The van der Waals surface area contributed by atoms with Crippen molar-refractivity contribution in [3.8, 4) is 0 Å². The van der Waals surface area contributed by atoms with Gasteiger partial charge in [-0.25, -0.2) is 9.37 Å². The highest BCUT2D eigenvalue weighted by molar-refractivity contribution is 7.11. The van der Waals surface area contributed by atoms with Crippen molar-refractivity contribution in [3.05, 3.63) is 50.2 Å². The van der Waals surface area contributed by atoms with Gasteiger partial charge in [0.25, 0.3) is 0 Å². The van der Waals surface area contributed by atoms with Crippen LogP contribution in [0.2, 0.25) is 5.02 Å². The van der Waals surface area contributed by atoms with Gasteiger partial charge in [-0.3, -0.25) is 0 Å². The second-order valence-electron chi connectivity index (χ2n) is 5.14. The first kappa shape index (κ1) is 16.4. The van der Waals surface area contributed by atoms with Crippen LogP contribution in [0, 0.1) is 19.7 Å². The highest BCUT2D eigenvalue weighted by Gasteiger charge is 2.18. The molecule has 0 spiro atoms. The van der Waals surface area contributed by atoms with Gasteiger partial charge in [0.2, 0.25) is 0 Å². The molecular formula is C16H20ClFN2S. The van der Waals surface area contributed by atoms with Gasteiger partial charge in [-0.1, -0.05) is 24.6 Å². The Morgan fingerprint density at radius 1 is 1.38 bits per heavy atom. The SMILES string of the molecule is CCCNC(Cc1ccc(Cl)c(F)c1)c1sc(C)nc1C. The van der Waals surface area contributed by atoms with Gasteiger partial charge in [0, 0.05) is 10.9 Å². The molecule has 5 heteroatoms. The Morgan fingerprint density at radius 2 is 2.14 bits per heavy atom. The third kappa shape index (κ3) is 4.25. The Bertz CT molecular complexity index is 612. The summed E-state index contributed by atoms with van der Waals surface area (Å²) in [7, 11) is 0. The quantitative estimate of drug-likeness (QED) is 0.822. The number of benzene rings is 1. The molecule has 2 aromatic rings. The lowest BCUT2D eigenvalue weighted by atomic mass is 10.0. The van der Waals surface area contributed by atoms with Gasteiger partial charge in [-0.2, -0.15) is 0 Å². The Balaban J connectivity index is 2.23. The van der Waals surface area contributed by atoms with Crippen LogP contribution >= 0.6 is 22.9 Å². The van der Waals surface area contributed by atoms with Gasteiger partial charge in [0.15, 0.2) is 0 Å². The molecule has 0 fully saturated rings. The molecule has 1 unspecified atom stereocenters. The minimum Gasteiger partial charge on any atom is -0.309 e. The molecule has 0 saturated carbocycles. The number of thiazole rings is 1. The van der Waals surface area contributed by atoms with Crippen molar-refractivity contribution in [2.24, 2.45) is 0 Å². The zero-order valence-electron chi connectivity index (χ0n) is 12.5. The molecule has 1 atom stereocenters. The van der Waals surface area contributed by atoms with E-state index in [0.29, 0.717) is 0 Å². The lowest BCUT2D eigenvalue weighted by Gasteiger charge is -2.18. The Labute approximate surface area is 134 Å². The molecule has 21 heavy (non-hydrogen) atoms. The summed E-state index contributed by atoms with van der Waals surface area (Å²) in [6.45, 7) is 7.11. The van der Waals surface area contributed by atoms with E-state index in [-0.39, 0.29) is 16.9 Å². The minimum absolute atomic E-state index is 0.164. The zero-order valence-corrected chi connectivity index (χ0v) is 14.1. The number of hydrogen-bond donors (Lipinski definition) is 1. The van der Waals surface area contributed by atoms with Crippen molar-refractivity contribution in [1.82, 2.24) is 10.3 Å². The van der Waals surface area contributed by atoms with Crippen LogP contribution in [0.15, 0.2) is 18.2 Å². The highest BCUT2D eigenvalue weighted by Crippen LogP contribution is 2.28. The van der Waals surface area contributed by atoms with Gasteiger partial charge >= 0.3 is 0 Å². The third-order valence-electron chi connectivity index (χ3n) is 3.32. The van der Waals surface area contributed by atoms with Crippen LogP contribution in [0.3, 0.4) is 0 Å². The summed E-state index contributed by atoms with van der Waals surface area (Å²) in [5.74, 6) is -0.361. The Kier molecular flexibility index (Phi) is 5.73. The monoisotopic (exact) mass is 326 g/mol. The Morgan fingerprint density at radius 3 is 2.71 bits per heavy atom. The fraction of sp³-hybridized carbons (Fsp3) is 0.438. The number of nitrogens with zero attached hydrogens (tertiary/aromatic N) is 1. The van der Waals surface area contributed by atoms with E-state index in [2.05, 4.69) is 17.2 Å². The normalized spacial score (nSPS) is 12.6. The van der Waals surface area contributed by atoms with Crippen molar-refractivity contribution in [1.29, 1.82) is 0 Å². The van der Waals surface area contributed by atoms with Gasteiger partial charge in [0.1, 0.15) is 5.82 Å². The maximum absolute atomic E-state index is 13.6.